The summed E-state index contributed by atoms with van der Waals surface area (Å²) >= 11 is 0. The highest BCUT2D eigenvalue weighted by atomic mass is 16.5. The Morgan fingerprint density at radius 1 is 0.966 bits per heavy atom. The first-order chi connectivity index (χ1) is 14.1. The van der Waals surface area contributed by atoms with Crippen molar-refractivity contribution in [3.8, 4) is 0 Å². The Morgan fingerprint density at radius 2 is 1.62 bits per heavy atom. The Balaban J connectivity index is 1.59. The van der Waals surface area contributed by atoms with Crippen LogP contribution in [0.15, 0.2) is 54.6 Å². The Hall–Kier alpha value is -3.74. The van der Waals surface area contributed by atoms with E-state index in [2.05, 4.69) is 9.97 Å². The van der Waals surface area contributed by atoms with Crippen molar-refractivity contribution in [1.29, 1.82) is 0 Å². The molecule has 1 aliphatic rings. The highest BCUT2D eigenvalue weighted by Gasteiger charge is 2.27. The van der Waals surface area contributed by atoms with Crippen molar-refractivity contribution < 1.29 is 14.3 Å². The van der Waals surface area contributed by atoms with Crippen LogP contribution in [0.5, 0.6) is 0 Å². The van der Waals surface area contributed by atoms with Crippen molar-refractivity contribution in [2.45, 2.75) is 0 Å². The van der Waals surface area contributed by atoms with Crippen molar-refractivity contribution in [3.63, 3.8) is 0 Å². The van der Waals surface area contributed by atoms with Gasteiger partial charge in [-0.3, -0.25) is 9.69 Å². The molecule has 0 fully saturated rings. The maximum atomic E-state index is 12.9. The third-order valence-electron chi connectivity index (χ3n) is 4.83. The lowest BCUT2D eigenvalue weighted by Gasteiger charge is -2.33. The molecule has 0 radical (unpaired) electrons. The minimum atomic E-state index is -0.392. The van der Waals surface area contributed by atoms with Gasteiger partial charge in [-0.15, -0.1) is 0 Å². The second-order valence-corrected chi connectivity index (χ2v) is 6.72. The van der Waals surface area contributed by atoms with Crippen LogP contribution in [0.1, 0.15) is 15.9 Å². The predicted octanol–water partition coefficient (Wildman–Crippen LogP) is 2.91. The lowest BCUT2D eigenvalue weighted by atomic mass is 10.1. The molecule has 29 heavy (non-hydrogen) atoms. The molecule has 0 unspecified atom stereocenters. The van der Waals surface area contributed by atoms with Crippen LogP contribution in [0.4, 0.5) is 11.6 Å². The SMILES string of the molecule is COC(=O)c1ccc(/C=C/C(=O)N2CCN(C)c3nc4ccccc4nc32)cc1. The summed E-state index contributed by atoms with van der Waals surface area (Å²) in [5, 5.41) is 0. The van der Waals surface area contributed by atoms with Gasteiger partial charge in [-0.05, 0) is 35.9 Å². The molecule has 7 nitrogen and oxygen atoms in total. The van der Waals surface area contributed by atoms with Crippen molar-refractivity contribution in [2.75, 3.05) is 37.0 Å². The molecule has 146 valence electrons. The number of amides is 1. The number of likely N-dealkylation sites (N-methyl/N-ethyl adjacent to an activating group) is 1. The molecule has 1 amide bonds. The van der Waals surface area contributed by atoms with E-state index in [9.17, 15) is 9.59 Å². The smallest absolute Gasteiger partial charge is 0.337 e. The van der Waals surface area contributed by atoms with E-state index in [0.29, 0.717) is 30.3 Å². The number of hydrogen-bond donors (Lipinski definition) is 0. The average Bonchev–Trinajstić information content (AvgIpc) is 2.76. The number of hydrogen-bond acceptors (Lipinski definition) is 6. The molecule has 1 aliphatic heterocycles. The van der Waals surface area contributed by atoms with Crippen molar-refractivity contribution >= 4 is 40.6 Å². The van der Waals surface area contributed by atoms with Crippen LogP contribution < -0.4 is 9.80 Å². The second-order valence-electron chi connectivity index (χ2n) is 6.72. The highest BCUT2D eigenvalue weighted by Crippen LogP contribution is 2.30. The van der Waals surface area contributed by atoms with Crippen LogP contribution in [-0.4, -0.2) is 49.1 Å². The lowest BCUT2D eigenvalue weighted by Crippen LogP contribution is -2.43. The van der Waals surface area contributed by atoms with E-state index in [0.717, 1.165) is 16.6 Å². The zero-order valence-corrected chi connectivity index (χ0v) is 16.2. The number of anilines is 2. The largest absolute Gasteiger partial charge is 0.465 e. The number of aromatic nitrogens is 2. The van der Waals surface area contributed by atoms with Gasteiger partial charge in [0.15, 0.2) is 11.6 Å². The first-order valence-corrected chi connectivity index (χ1v) is 9.22. The van der Waals surface area contributed by atoms with Gasteiger partial charge in [0.25, 0.3) is 5.91 Å². The van der Waals surface area contributed by atoms with Gasteiger partial charge in [-0.2, -0.15) is 0 Å². The summed E-state index contributed by atoms with van der Waals surface area (Å²) in [5.74, 6) is 0.699. The summed E-state index contributed by atoms with van der Waals surface area (Å²) < 4.78 is 4.69. The van der Waals surface area contributed by atoms with Crippen LogP contribution in [-0.2, 0) is 9.53 Å². The first-order valence-electron chi connectivity index (χ1n) is 9.22. The van der Waals surface area contributed by atoms with Gasteiger partial charge in [0.1, 0.15) is 0 Å². The molecule has 0 atom stereocenters. The number of methoxy groups -OCH3 is 1. The molecule has 0 bridgehead atoms. The standard InChI is InChI=1S/C22H20N4O3/c1-25-13-14-26(21-20(25)23-17-5-3-4-6-18(17)24-21)19(27)12-9-15-7-10-16(11-8-15)22(28)29-2/h3-12H,13-14H2,1-2H3/b12-9+. The lowest BCUT2D eigenvalue weighted by molar-refractivity contribution is -0.114. The molecule has 4 rings (SSSR count). The van der Waals surface area contributed by atoms with Crippen LogP contribution in [0.25, 0.3) is 17.1 Å². The van der Waals surface area contributed by atoms with E-state index in [1.165, 1.54) is 13.2 Å². The second kappa shape index (κ2) is 7.71. The number of nitrogens with zero attached hydrogens (tertiary/aromatic N) is 4. The molecule has 0 saturated carbocycles. The summed E-state index contributed by atoms with van der Waals surface area (Å²) in [7, 11) is 3.29. The van der Waals surface area contributed by atoms with Gasteiger partial charge >= 0.3 is 5.97 Å². The van der Waals surface area contributed by atoms with E-state index in [1.807, 2.05) is 36.2 Å². The summed E-state index contributed by atoms with van der Waals surface area (Å²) in [6.07, 6.45) is 3.23. The number of para-hydroxylation sites is 2. The summed E-state index contributed by atoms with van der Waals surface area (Å²) in [6, 6.07) is 14.5. The van der Waals surface area contributed by atoms with E-state index < -0.39 is 5.97 Å². The van der Waals surface area contributed by atoms with Crippen LogP contribution in [0.3, 0.4) is 0 Å². The fourth-order valence-electron chi connectivity index (χ4n) is 3.20. The molecule has 1 aromatic heterocycles. The third kappa shape index (κ3) is 3.67. The van der Waals surface area contributed by atoms with E-state index in [-0.39, 0.29) is 5.91 Å². The molecule has 0 aliphatic carbocycles. The van der Waals surface area contributed by atoms with Gasteiger partial charge in [0.05, 0.1) is 23.7 Å². The number of fused-ring (bicyclic) bond motifs is 2. The Bertz CT molecular complexity index is 1110. The molecular formula is C22H20N4O3. The molecular weight excluding hydrogens is 368 g/mol. The van der Waals surface area contributed by atoms with Crippen LogP contribution >= 0.6 is 0 Å². The quantitative estimate of drug-likeness (QED) is 0.507. The van der Waals surface area contributed by atoms with Gasteiger partial charge < -0.3 is 9.64 Å². The number of rotatable bonds is 3. The number of carbonyl (C=O) groups is 2. The van der Waals surface area contributed by atoms with Gasteiger partial charge in [-0.1, -0.05) is 24.3 Å². The molecule has 0 N–H and O–H groups in total. The van der Waals surface area contributed by atoms with Gasteiger partial charge in [0, 0.05) is 26.2 Å². The summed E-state index contributed by atoms with van der Waals surface area (Å²) in [5.41, 5.74) is 2.83. The highest BCUT2D eigenvalue weighted by molar-refractivity contribution is 6.06. The molecule has 2 aromatic carbocycles. The first kappa shape index (κ1) is 18.6. The minimum absolute atomic E-state index is 0.166. The Morgan fingerprint density at radius 3 is 2.28 bits per heavy atom. The fraction of sp³-hybridized carbons (Fsp3) is 0.182. The maximum absolute atomic E-state index is 12.9. The zero-order chi connectivity index (χ0) is 20.4. The normalized spacial score (nSPS) is 13.6. The number of benzene rings is 2. The number of ether oxygens (including phenoxy) is 1. The molecule has 7 heteroatoms. The third-order valence-corrected chi connectivity index (χ3v) is 4.83. The topological polar surface area (TPSA) is 75.6 Å². The van der Waals surface area contributed by atoms with Gasteiger partial charge in [0.2, 0.25) is 0 Å². The average molecular weight is 388 g/mol. The Kier molecular flexibility index (Phi) is 4.95. The van der Waals surface area contributed by atoms with E-state index in [4.69, 9.17) is 4.74 Å². The van der Waals surface area contributed by atoms with Crippen molar-refractivity contribution in [1.82, 2.24) is 9.97 Å². The minimum Gasteiger partial charge on any atom is -0.465 e. The van der Waals surface area contributed by atoms with Crippen LogP contribution in [0.2, 0.25) is 0 Å². The monoisotopic (exact) mass is 388 g/mol. The van der Waals surface area contributed by atoms with E-state index >= 15 is 0 Å². The molecule has 0 saturated heterocycles. The number of esters is 1. The van der Waals surface area contributed by atoms with Crippen LogP contribution in [0, 0.1) is 0 Å². The van der Waals surface area contributed by atoms with Crippen molar-refractivity contribution in [2.24, 2.45) is 0 Å². The summed E-state index contributed by atoms with van der Waals surface area (Å²) in [4.78, 5) is 37.4. The van der Waals surface area contributed by atoms with Gasteiger partial charge in [-0.25, -0.2) is 14.8 Å². The molecule has 2 heterocycles. The predicted molar refractivity (Wildman–Crippen MR) is 112 cm³/mol. The fourth-order valence-corrected chi connectivity index (χ4v) is 3.20. The number of carbonyl (C=O) groups excluding carboxylic acids is 2. The van der Waals surface area contributed by atoms with Crippen molar-refractivity contribution in [3.05, 3.63) is 65.7 Å². The zero-order valence-electron chi connectivity index (χ0n) is 16.2. The van der Waals surface area contributed by atoms with E-state index in [1.54, 1.807) is 35.2 Å². The summed E-state index contributed by atoms with van der Waals surface area (Å²) in [6.45, 7) is 1.20. The molecule has 0 spiro atoms. The Labute approximate surface area is 168 Å². The molecule has 3 aromatic rings. The maximum Gasteiger partial charge on any atom is 0.337 e.